The molecule has 4 heteroatoms. The SMILES string of the molecule is CC(C)c1ccc(C(O)(c2cncc(CCC3(O)CCC3)c2)C2(C)CN(C)C2)cc1. The maximum atomic E-state index is 12.3. The summed E-state index contributed by atoms with van der Waals surface area (Å²) in [5, 5.41) is 22.8. The van der Waals surface area contributed by atoms with Crippen LogP contribution in [0.1, 0.15) is 74.6 Å². The van der Waals surface area contributed by atoms with Gasteiger partial charge in [-0.15, -0.1) is 0 Å². The summed E-state index contributed by atoms with van der Waals surface area (Å²) >= 11 is 0. The summed E-state index contributed by atoms with van der Waals surface area (Å²) in [5.41, 5.74) is 2.26. The van der Waals surface area contributed by atoms with Gasteiger partial charge in [-0.05, 0) is 67.8 Å². The Morgan fingerprint density at radius 3 is 2.30 bits per heavy atom. The first-order chi connectivity index (χ1) is 14.2. The number of hydrogen-bond acceptors (Lipinski definition) is 4. The predicted molar refractivity (Wildman–Crippen MR) is 120 cm³/mol. The van der Waals surface area contributed by atoms with Gasteiger partial charge < -0.3 is 15.1 Å². The minimum Gasteiger partial charge on any atom is -0.390 e. The third-order valence-electron chi connectivity index (χ3n) is 7.48. The van der Waals surface area contributed by atoms with Crippen LogP contribution in [0.25, 0.3) is 0 Å². The monoisotopic (exact) mass is 408 g/mol. The van der Waals surface area contributed by atoms with Crippen LogP contribution in [0.5, 0.6) is 0 Å². The molecule has 0 radical (unpaired) electrons. The third kappa shape index (κ3) is 3.70. The van der Waals surface area contributed by atoms with Crippen molar-refractivity contribution in [3.05, 3.63) is 65.0 Å². The predicted octanol–water partition coefficient (Wildman–Crippen LogP) is 4.24. The number of pyridine rings is 1. The molecule has 1 aromatic carbocycles. The van der Waals surface area contributed by atoms with Crippen molar-refractivity contribution in [2.24, 2.45) is 5.41 Å². The van der Waals surface area contributed by atoms with Gasteiger partial charge in [0.25, 0.3) is 0 Å². The number of likely N-dealkylation sites (tertiary alicyclic amines) is 1. The summed E-state index contributed by atoms with van der Waals surface area (Å²) < 4.78 is 0. The zero-order valence-electron chi connectivity index (χ0n) is 18.9. The highest BCUT2D eigenvalue weighted by Gasteiger charge is 2.55. The Kier molecular flexibility index (Phi) is 5.54. The van der Waals surface area contributed by atoms with Gasteiger partial charge in [-0.2, -0.15) is 0 Å². The standard InChI is InChI=1S/C26H36N2O2/c1-19(2)21-6-8-22(9-7-21)26(30,24(3)17-28(4)18-24)23-14-20(15-27-16-23)10-13-25(29)11-5-12-25/h6-9,14-16,19,29-30H,5,10-13,17-18H2,1-4H3. The molecule has 1 aliphatic carbocycles. The van der Waals surface area contributed by atoms with E-state index in [9.17, 15) is 10.2 Å². The number of benzene rings is 1. The molecule has 30 heavy (non-hydrogen) atoms. The Labute approximate surface area is 181 Å². The highest BCUT2D eigenvalue weighted by atomic mass is 16.3. The van der Waals surface area contributed by atoms with Gasteiger partial charge >= 0.3 is 0 Å². The van der Waals surface area contributed by atoms with E-state index in [1.54, 1.807) is 0 Å². The van der Waals surface area contributed by atoms with E-state index in [1.807, 2.05) is 12.4 Å². The van der Waals surface area contributed by atoms with Crippen LogP contribution in [0.15, 0.2) is 42.7 Å². The van der Waals surface area contributed by atoms with Crippen LogP contribution < -0.4 is 0 Å². The number of rotatable bonds is 7. The molecular weight excluding hydrogens is 372 g/mol. The van der Waals surface area contributed by atoms with E-state index in [-0.39, 0.29) is 5.41 Å². The number of aliphatic hydroxyl groups is 2. The van der Waals surface area contributed by atoms with Crippen molar-refractivity contribution < 1.29 is 10.2 Å². The molecule has 2 aliphatic rings. The first-order valence-electron chi connectivity index (χ1n) is 11.3. The van der Waals surface area contributed by atoms with Gasteiger partial charge in [0.15, 0.2) is 0 Å². The van der Waals surface area contributed by atoms with Gasteiger partial charge in [0.1, 0.15) is 5.60 Å². The molecule has 0 spiro atoms. The molecule has 2 N–H and O–H groups in total. The largest absolute Gasteiger partial charge is 0.390 e. The molecule has 1 saturated heterocycles. The van der Waals surface area contributed by atoms with Crippen molar-refractivity contribution in [2.45, 2.75) is 70.0 Å². The lowest BCUT2D eigenvalue weighted by Gasteiger charge is -2.56. The second-order valence-corrected chi connectivity index (χ2v) is 10.4. The van der Waals surface area contributed by atoms with E-state index in [2.05, 4.69) is 68.0 Å². The normalized spacial score (nSPS) is 22.2. The molecule has 162 valence electrons. The number of hydrogen-bond donors (Lipinski definition) is 2. The zero-order valence-corrected chi connectivity index (χ0v) is 18.9. The fourth-order valence-electron chi connectivity index (χ4n) is 5.38. The Morgan fingerprint density at radius 2 is 1.77 bits per heavy atom. The van der Waals surface area contributed by atoms with E-state index in [1.165, 1.54) is 5.56 Å². The highest BCUT2D eigenvalue weighted by molar-refractivity contribution is 5.42. The van der Waals surface area contributed by atoms with Crippen LogP contribution in [0.3, 0.4) is 0 Å². The maximum absolute atomic E-state index is 12.3. The molecule has 4 rings (SSSR count). The van der Waals surface area contributed by atoms with Crippen LogP contribution in [0, 0.1) is 5.41 Å². The topological polar surface area (TPSA) is 56.6 Å². The fourth-order valence-corrected chi connectivity index (χ4v) is 5.38. The minimum atomic E-state index is -1.11. The molecular formula is C26H36N2O2. The van der Waals surface area contributed by atoms with E-state index in [0.29, 0.717) is 5.92 Å². The lowest BCUT2D eigenvalue weighted by molar-refractivity contribution is -0.127. The van der Waals surface area contributed by atoms with Crippen LogP contribution >= 0.6 is 0 Å². The van der Waals surface area contributed by atoms with Gasteiger partial charge in [-0.1, -0.05) is 45.0 Å². The van der Waals surface area contributed by atoms with E-state index >= 15 is 0 Å². The number of aromatic nitrogens is 1. The second-order valence-electron chi connectivity index (χ2n) is 10.4. The number of nitrogens with zero attached hydrogens (tertiary/aromatic N) is 2. The Hall–Kier alpha value is -1.75. The first-order valence-corrected chi connectivity index (χ1v) is 11.3. The lowest BCUT2D eigenvalue weighted by Crippen LogP contribution is -2.63. The molecule has 1 atom stereocenters. The molecule has 1 aliphatic heterocycles. The van der Waals surface area contributed by atoms with Crippen molar-refractivity contribution in [1.82, 2.24) is 9.88 Å². The molecule has 1 unspecified atom stereocenters. The van der Waals surface area contributed by atoms with Crippen molar-refractivity contribution in [3.8, 4) is 0 Å². The van der Waals surface area contributed by atoms with Gasteiger partial charge in [-0.25, -0.2) is 0 Å². The van der Waals surface area contributed by atoms with Gasteiger partial charge in [0.05, 0.1) is 5.60 Å². The van der Waals surface area contributed by atoms with E-state index < -0.39 is 11.2 Å². The van der Waals surface area contributed by atoms with Gasteiger partial charge in [0.2, 0.25) is 0 Å². The van der Waals surface area contributed by atoms with Crippen LogP contribution in [0.2, 0.25) is 0 Å². The third-order valence-corrected chi connectivity index (χ3v) is 7.48. The number of aryl methyl sites for hydroxylation is 1. The first kappa shape index (κ1) is 21.5. The smallest absolute Gasteiger partial charge is 0.124 e. The van der Waals surface area contributed by atoms with Crippen molar-refractivity contribution >= 4 is 0 Å². The summed E-state index contributed by atoms with van der Waals surface area (Å²) in [6, 6.07) is 10.6. The Bertz CT molecular complexity index is 882. The summed E-state index contributed by atoms with van der Waals surface area (Å²) in [6.45, 7) is 8.21. The van der Waals surface area contributed by atoms with Crippen molar-refractivity contribution in [2.75, 3.05) is 20.1 Å². The summed E-state index contributed by atoms with van der Waals surface area (Å²) in [5.74, 6) is 0.458. The molecule has 1 aromatic heterocycles. The summed E-state index contributed by atoms with van der Waals surface area (Å²) in [6.07, 6.45) is 8.17. The van der Waals surface area contributed by atoms with Crippen LogP contribution in [-0.2, 0) is 12.0 Å². The molecule has 0 bridgehead atoms. The molecule has 2 aromatic rings. The lowest BCUT2D eigenvalue weighted by atomic mass is 9.62. The quantitative estimate of drug-likeness (QED) is 0.719. The van der Waals surface area contributed by atoms with E-state index in [0.717, 1.165) is 61.9 Å². The van der Waals surface area contributed by atoms with Crippen molar-refractivity contribution in [3.63, 3.8) is 0 Å². The van der Waals surface area contributed by atoms with Gasteiger partial charge in [-0.3, -0.25) is 4.98 Å². The second kappa shape index (κ2) is 7.74. The van der Waals surface area contributed by atoms with E-state index in [4.69, 9.17) is 0 Å². The average molecular weight is 409 g/mol. The average Bonchev–Trinajstić information content (AvgIpc) is 2.69. The molecule has 4 nitrogen and oxygen atoms in total. The van der Waals surface area contributed by atoms with Crippen LogP contribution in [0.4, 0.5) is 0 Å². The minimum absolute atomic E-state index is 0.284. The van der Waals surface area contributed by atoms with Gasteiger partial charge in [0, 0.05) is 36.5 Å². The summed E-state index contributed by atoms with van der Waals surface area (Å²) in [4.78, 5) is 6.75. The summed E-state index contributed by atoms with van der Waals surface area (Å²) in [7, 11) is 2.10. The Balaban J connectivity index is 1.68. The fraction of sp³-hybridized carbons (Fsp3) is 0.577. The molecule has 1 saturated carbocycles. The molecule has 2 heterocycles. The Morgan fingerprint density at radius 1 is 1.10 bits per heavy atom. The maximum Gasteiger partial charge on any atom is 0.124 e. The molecule has 0 amide bonds. The highest BCUT2D eigenvalue weighted by Crippen LogP contribution is 2.50. The van der Waals surface area contributed by atoms with Crippen LogP contribution in [-0.4, -0.2) is 45.8 Å². The zero-order chi connectivity index (χ0) is 21.6. The van der Waals surface area contributed by atoms with Crippen molar-refractivity contribution in [1.29, 1.82) is 0 Å². The molecule has 2 fully saturated rings.